The molecule has 0 aliphatic carbocycles. The minimum absolute atomic E-state index is 0.123. The van der Waals surface area contributed by atoms with Gasteiger partial charge in [-0.05, 0) is 47.5 Å². The van der Waals surface area contributed by atoms with E-state index < -0.39 is 5.82 Å². The lowest BCUT2D eigenvalue weighted by Crippen LogP contribution is -2.12. The lowest BCUT2D eigenvalue weighted by Gasteiger charge is -2.03. The molecule has 0 unspecified atom stereocenters. The second kappa shape index (κ2) is 5.91. The number of benzene rings is 2. The highest BCUT2D eigenvalue weighted by Crippen LogP contribution is 2.35. The molecule has 0 atom stereocenters. The average molecular weight is 331 g/mol. The molecule has 22 heavy (non-hydrogen) atoms. The summed E-state index contributed by atoms with van der Waals surface area (Å²) in [5.41, 5.74) is 7.30. The summed E-state index contributed by atoms with van der Waals surface area (Å²) in [4.78, 5) is 2.04. The predicted octanol–water partition coefficient (Wildman–Crippen LogP) is 5.16. The van der Waals surface area contributed by atoms with Crippen LogP contribution in [0.5, 0.6) is 0 Å². The van der Waals surface area contributed by atoms with E-state index in [0.29, 0.717) is 5.02 Å². The van der Waals surface area contributed by atoms with Crippen molar-refractivity contribution in [3.05, 3.63) is 71.0 Å². The number of nitrogens with one attached hydrogen (secondary N) is 1. The van der Waals surface area contributed by atoms with Gasteiger partial charge in [0.25, 0.3) is 0 Å². The summed E-state index contributed by atoms with van der Waals surface area (Å²) in [7, 11) is 0. The first kappa shape index (κ1) is 14.8. The van der Waals surface area contributed by atoms with Gasteiger partial charge in [0.2, 0.25) is 0 Å². The lowest BCUT2D eigenvalue weighted by atomic mass is 10.1. The zero-order valence-corrected chi connectivity index (χ0v) is 13.0. The SMILES string of the molecule is N=C(N)c1ccc(-c2ccc(-c3ccc(Cl)cc3)s2)cc1F. The smallest absolute Gasteiger partial charge is 0.134 e. The van der Waals surface area contributed by atoms with Crippen LogP contribution in [0, 0.1) is 11.2 Å². The van der Waals surface area contributed by atoms with Gasteiger partial charge in [-0.2, -0.15) is 0 Å². The van der Waals surface area contributed by atoms with Crippen LogP contribution in [0.15, 0.2) is 54.6 Å². The molecule has 5 heteroatoms. The first-order valence-electron chi connectivity index (χ1n) is 6.54. The van der Waals surface area contributed by atoms with Crippen molar-refractivity contribution in [1.29, 1.82) is 5.41 Å². The highest BCUT2D eigenvalue weighted by atomic mass is 35.5. The molecule has 0 saturated carbocycles. The van der Waals surface area contributed by atoms with Crippen LogP contribution in [-0.4, -0.2) is 5.84 Å². The molecule has 0 amide bonds. The fourth-order valence-electron chi connectivity index (χ4n) is 2.15. The van der Waals surface area contributed by atoms with E-state index >= 15 is 0 Å². The van der Waals surface area contributed by atoms with Crippen LogP contribution in [0.3, 0.4) is 0 Å². The van der Waals surface area contributed by atoms with Gasteiger partial charge in [0, 0.05) is 14.8 Å². The van der Waals surface area contributed by atoms with Crippen molar-refractivity contribution in [2.45, 2.75) is 0 Å². The number of hydrogen-bond donors (Lipinski definition) is 2. The molecule has 1 aromatic heterocycles. The van der Waals surface area contributed by atoms with Crippen LogP contribution in [0.1, 0.15) is 5.56 Å². The molecule has 2 nitrogen and oxygen atoms in total. The van der Waals surface area contributed by atoms with Gasteiger partial charge < -0.3 is 5.73 Å². The Kier molecular flexibility index (Phi) is 3.96. The molecule has 1 heterocycles. The van der Waals surface area contributed by atoms with Crippen molar-refractivity contribution >= 4 is 28.8 Å². The van der Waals surface area contributed by atoms with Gasteiger partial charge in [0.15, 0.2) is 0 Å². The lowest BCUT2D eigenvalue weighted by molar-refractivity contribution is 0.625. The van der Waals surface area contributed by atoms with Gasteiger partial charge in [-0.3, -0.25) is 5.41 Å². The molecular formula is C17H12ClFN2S. The molecule has 2 aromatic carbocycles. The summed E-state index contributed by atoms with van der Waals surface area (Å²) in [5.74, 6) is -0.747. The second-order valence-electron chi connectivity index (χ2n) is 4.78. The summed E-state index contributed by atoms with van der Waals surface area (Å²) < 4.78 is 13.9. The van der Waals surface area contributed by atoms with Crippen molar-refractivity contribution in [3.8, 4) is 20.9 Å². The molecule has 3 aromatic rings. The molecule has 110 valence electrons. The minimum atomic E-state index is -0.480. The Bertz CT molecular complexity index is 840. The van der Waals surface area contributed by atoms with Crippen molar-refractivity contribution in [3.63, 3.8) is 0 Å². The maximum Gasteiger partial charge on any atom is 0.134 e. The number of hydrogen-bond acceptors (Lipinski definition) is 2. The van der Waals surface area contributed by atoms with Crippen LogP contribution < -0.4 is 5.73 Å². The fourth-order valence-corrected chi connectivity index (χ4v) is 3.28. The second-order valence-corrected chi connectivity index (χ2v) is 6.30. The van der Waals surface area contributed by atoms with Crippen molar-refractivity contribution in [2.75, 3.05) is 0 Å². The zero-order chi connectivity index (χ0) is 15.7. The largest absolute Gasteiger partial charge is 0.384 e. The molecule has 0 aliphatic heterocycles. The minimum Gasteiger partial charge on any atom is -0.384 e. The Morgan fingerprint density at radius 3 is 2.14 bits per heavy atom. The van der Waals surface area contributed by atoms with E-state index in [2.05, 4.69) is 0 Å². The summed E-state index contributed by atoms with van der Waals surface area (Å²) >= 11 is 7.47. The van der Waals surface area contributed by atoms with E-state index in [1.165, 1.54) is 12.1 Å². The Labute approximate surface area is 136 Å². The maximum absolute atomic E-state index is 13.9. The summed E-state index contributed by atoms with van der Waals surface area (Å²) in [6.07, 6.45) is 0. The molecule has 0 fully saturated rings. The van der Waals surface area contributed by atoms with Gasteiger partial charge in [-0.1, -0.05) is 29.8 Å². The third-order valence-corrected chi connectivity index (χ3v) is 4.71. The Morgan fingerprint density at radius 2 is 1.55 bits per heavy atom. The van der Waals surface area contributed by atoms with E-state index in [-0.39, 0.29) is 11.4 Å². The van der Waals surface area contributed by atoms with Gasteiger partial charge in [0.1, 0.15) is 11.7 Å². The Balaban J connectivity index is 1.95. The maximum atomic E-state index is 13.9. The van der Waals surface area contributed by atoms with Crippen molar-refractivity contribution in [1.82, 2.24) is 0 Å². The van der Waals surface area contributed by atoms with E-state index in [0.717, 1.165) is 20.9 Å². The first-order chi connectivity index (χ1) is 10.5. The summed E-state index contributed by atoms with van der Waals surface area (Å²) in [6, 6.07) is 16.3. The molecule has 3 rings (SSSR count). The quantitative estimate of drug-likeness (QED) is 0.506. The molecular weight excluding hydrogens is 319 g/mol. The van der Waals surface area contributed by atoms with E-state index in [9.17, 15) is 4.39 Å². The summed E-state index contributed by atoms with van der Waals surface area (Å²) in [5, 5.41) is 8.01. The van der Waals surface area contributed by atoms with E-state index in [4.69, 9.17) is 22.7 Å². The van der Waals surface area contributed by atoms with Crippen LogP contribution in [-0.2, 0) is 0 Å². The predicted molar refractivity (Wildman–Crippen MR) is 91.2 cm³/mol. The van der Waals surface area contributed by atoms with E-state index in [1.807, 2.05) is 36.4 Å². The zero-order valence-electron chi connectivity index (χ0n) is 11.4. The number of amidine groups is 1. The third kappa shape index (κ3) is 2.89. The molecule has 0 spiro atoms. The topological polar surface area (TPSA) is 49.9 Å². The van der Waals surface area contributed by atoms with Gasteiger partial charge in [0.05, 0.1) is 5.56 Å². The number of rotatable bonds is 3. The molecule has 0 radical (unpaired) electrons. The van der Waals surface area contributed by atoms with Crippen LogP contribution in [0.2, 0.25) is 5.02 Å². The van der Waals surface area contributed by atoms with Crippen molar-refractivity contribution in [2.24, 2.45) is 5.73 Å². The van der Waals surface area contributed by atoms with Crippen molar-refractivity contribution < 1.29 is 4.39 Å². The first-order valence-corrected chi connectivity index (χ1v) is 7.74. The van der Waals surface area contributed by atoms with Crippen LogP contribution in [0.25, 0.3) is 20.9 Å². The monoisotopic (exact) mass is 330 g/mol. The van der Waals surface area contributed by atoms with Gasteiger partial charge in [-0.25, -0.2) is 4.39 Å². The Morgan fingerprint density at radius 1 is 0.955 bits per heavy atom. The van der Waals surface area contributed by atoms with Crippen LogP contribution >= 0.6 is 22.9 Å². The highest BCUT2D eigenvalue weighted by Gasteiger charge is 2.10. The summed E-state index contributed by atoms with van der Waals surface area (Å²) in [6.45, 7) is 0. The average Bonchev–Trinajstić information content (AvgIpc) is 2.97. The molecule has 0 aliphatic rings. The standard InChI is InChI=1S/C17H12ClFN2S/c18-12-4-1-10(2-5-12)15-7-8-16(22-15)11-3-6-13(17(20)21)14(19)9-11/h1-9H,(H3,20,21). The Hall–Kier alpha value is -2.17. The van der Waals surface area contributed by atoms with Gasteiger partial charge in [-0.15, -0.1) is 11.3 Å². The molecule has 3 N–H and O–H groups in total. The number of nitrogen functional groups attached to an aromatic ring is 1. The molecule has 0 bridgehead atoms. The van der Waals surface area contributed by atoms with E-state index in [1.54, 1.807) is 17.4 Å². The number of thiophene rings is 1. The van der Waals surface area contributed by atoms with Crippen LogP contribution in [0.4, 0.5) is 4.39 Å². The van der Waals surface area contributed by atoms with Gasteiger partial charge >= 0.3 is 0 Å². The number of halogens is 2. The highest BCUT2D eigenvalue weighted by molar-refractivity contribution is 7.18. The molecule has 0 saturated heterocycles. The number of nitrogens with two attached hydrogens (primary N) is 1. The third-order valence-electron chi connectivity index (χ3n) is 3.28. The normalized spacial score (nSPS) is 10.6. The fraction of sp³-hybridized carbons (Fsp3) is 0.